The van der Waals surface area contributed by atoms with Gasteiger partial charge in [-0.1, -0.05) is 0 Å². The zero-order chi connectivity index (χ0) is 10.6. The lowest BCUT2D eigenvalue weighted by Crippen LogP contribution is -2.11. The molecule has 0 saturated heterocycles. The van der Waals surface area contributed by atoms with Gasteiger partial charge in [0.25, 0.3) is 0 Å². The van der Waals surface area contributed by atoms with Crippen LogP contribution in [-0.4, -0.2) is 28.8 Å². The molecule has 1 rings (SSSR count). The van der Waals surface area contributed by atoms with Crippen LogP contribution in [0.5, 0.6) is 0 Å². The van der Waals surface area contributed by atoms with Crippen molar-refractivity contribution in [3.63, 3.8) is 0 Å². The van der Waals surface area contributed by atoms with E-state index in [2.05, 4.69) is 5.10 Å². The standard InChI is InChI=1S/C10H16N2O2/c1-8(14-3)4-5-10(13)9-6-7-11-12(9)2/h6-8H,4-5H2,1-3H3. The lowest BCUT2D eigenvalue weighted by Gasteiger charge is -2.07. The van der Waals surface area contributed by atoms with Gasteiger partial charge in [0, 0.05) is 26.8 Å². The largest absolute Gasteiger partial charge is 0.382 e. The molecule has 1 aromatic rings. The topological polar surface area (TPSA) is 44.1 Å². The fourth-order valence-corrected chi connectivity index (χ4v) is 1.23. The molecule has 0 radical (unpaired) electrons. The molecule has 4 nitrogen and oxygen atoms in total. The van der Waals surface area contributed by atoms with E-state index in [1.54, 1.807) is 31.1 Å². The van der Waals surface area contributed by atoms with Gasteiger partial charge in [0.2, 0.25) is 0 Å². The quantitative estimate of drug-likeness (QED) is 0.669. The molecule has 0 amide bonds. The zero-order valence-corrected chi connectivity index (χ0v) is 8.86. The van der Waals surface area contributed by atoms with Crippen molar-refractivity contribution in [2.75, 3.05) is 7.11 Å². The van der Waals surface area contributed by atoms with Crippen LogP contribution >= 0.6 is 0 Å². The van der Waals surface area contributed by atoms with Gasteiger partial charge in [-0.2, -0.15) is 5.10 Å². The zero-order valence-electron chi connectivity index (χ0n) is 8.86. The molecular weight excluding hydrogens is 180 g/mol. The van der Waals surface area contributed by atoms with Crippen LogP contribution in [0, 0.1) is 0 Å². The molecule has 0 fully saturated rings. The van der Waals surface area contributed by atoms with Crippen molar-refractivity contribution < 1.29 is 9.53 Å². The minimum Gasteiger partial charge on any atom is -0.382 e. The first kappa shape index (κ1) is 10.9. The molecule has 4 heteroatoms. The van der Waals surface area contributed by atoms with Crippen LogP contribution in [-0.2, 0) is 11.8 Å². The summed E-state index contributed by atoms with van der Waals surface area (Å²) in [5.74, 6) is 0.119. The number of nitrogens with zero attached hydrogens (tertiary/aromatic N) is 2. The number of Topliss-reactive ketones (excluding diaryl/α,β-unsaturated/α-hetero) is 1. The fraction of sp³-hybridized carbons (Fsp3) is 0.600. The molecule has 1 aromatic heterocycles. The maximum absolute atomic E-state index is 11.6. The molecule has 1 heterocycles. The molecular formula is C10H16N2O2. The van der Waals surface area contributed by atoms with Gasteiger partial charge in [0.15, 0.2) is 5.78 Å². The highest BCUT2D eigenvalue weighted by atomic mass is 16.5. The number of carbonyl (C=O) groups is 1. The summed E-state index contributed by atoms with van der Waals surface area (Å²) in [5.41, 5.74) is 0.660. The van der Waals surface area contributed by atoms with Gasteiger partial charge in [-0.25, -0.2) is 0 Å². The van der Waals surface area contributed by atoms with E-state index >= 15 is 0 Å². The van der Waals surface area contributed by atoms with Gasteiger partial charge >= 0.3 is 0 Å². The molecule has 0 aliphatic rings. The smallest absolute Gasteiger partial charge is 0.180 e. The molecule has 0 spiro atoms. The maximum Gasteiger partial charge on any atom is 0.180 e. The molecule has 0 bridgehead atoms. The highest BCUT2D eigenvalue weighted by molar-refractivity contribution is 5.94. The summed E-state index contributed by atoms with van der Waals surface area (Å²) in [5, 5.41) is 3.95. The average molecular weight is 196 g/mol. The van der Waals surface area contributed by atoms with Crippen molar-refractivity contribution >= 4 is 5.78 Å². The van der Waals surface area contributed by atoms with Gasteiger partial charge in [-0.3, -0.25) is 9.48 Å². The second-order valence-corrected chi connectivity index (χ2v) is 3.35. The van der Waals surface area contributed by atoms with Gasteiger partial charge < -0.3 is 4.74 Å². The molecule has 0 aliphatic carbocycles. The minimum absolute atomic E-state index is 0.119. The fourth-order valence-electron chi connectivity index (χ4n) is 1.23. The number of aromatic nitrogens is 2. The summed E-state index contributed by atoms with van der Waals surface area (Å²) in [4.78, 5) is 11.6. The van der Waals surface area contributed by atoms with Gasteiger partial charge in [0.05, 0.1) is 6.10 Å². The van der Waals surface area contributed by atoms with E-state index in [9.17, 15) is 4.79 Å². The molecule has 1 unspecified atom stereocenters. The number of ether oxygens (including phenoxy) is 1. The maximum atomic E-state index is 11.6. The van der Waals surface area contributed by atoms with Crippen LogP contribution in [0.3, 0.4) is 0 Å². The summed E-state index contributed by atoms with van der Waals surface area (Å²) in [6, 6.07) is 1.74. The van der Waals surface area contributed by atoms with Crippen molar-refractivity contribution in [2.45, 2.75) is 25.9 Å². The number of hydrogen-bond acceptors (Lipinski definition) is 3. The van der Waals surface area contributed by atoms with Crippen molar-refractivity contribution in [1.82, 2.24) is 9.78 Å². The van der Waals surface area contributed by atoms with E-state index in [1.165, 1.54) is 0 Å². The Balaban J connectivity index is 2.47. The second kappa shape index (κ2) is 4.91. The number of carbonyl (C=O) groups excluding carboxylic acids is 1. The molecule has 0 saturated carbocycles. The Labute approximate surface area is 83.9 Å². The Morgan fingerprint density at radius 1 is 1.71 bits per heavy atom. The average Bonchev–Trinajstić information content (AvgIpc) is 2.60. The van der Waals surface area contributed by atoms with Crippen LogP contribution in [0.2, 0.25) is 0 Å². The third-order valence-corrected chi connectivity index (χ3v) is 2.29. The van der Waals surface area contributed by atoms with Gasteiger partial charge in [-0.05, 0) is 19.4 Å². The second-order valence-electron chi connectivity index (χ2n) is 3.35. The van der Waals surface area contributed by atoms with Crippen molar-refractivity contribution in [1.29, 1.82) is 0 Å². The highest BCUT2D eigenvalue weighted by Crippen LogP contribution is 2.07. The van der Waals surface area contributed by atoms with E-state index in [0.717, 1.165) is 6.42 Å². The summed E-state index contributed by atoms with van der Waals surface area (Å²) < 4.78 is 6.67. The predicted octanol–water partition coefficient (Wildman–Crippen LogP) is 1.42. The van der Waals surface area contributed by atoms with Crippen molar-refractivity contribution in [2.24, 2.45) is 7.05 Å². The monoisotopic (exact) mass is 196 g/mol. The van der Waals surface area contributed by atoms with Crippen LogP contribution in [0.1, 0.15) is 30.3 Å². The number of ketones is 1. The van der Waals surface area contributed by atoms with Crippen molar-refractivity contribution in [3.8, 4) is 0 Å². The SMILES string of the molecule is COC(C)CCC(=O)c1ccnn1C. The first-order valence-corrected chi connectivity index (χ1v) is 4.69. The number of rotatable bonds is 5. The van der Waals surface area contributed by atoms with E-state index in [1.807, 2.05) is 6.92 Å². The Kier molecular flexibility index (Phi) is 3.83. The van der Waals surface area contributed by atoms with Gasteiger partial charge in [-0.15, -0.1) is 0 Å². The Bertz CT molecular complexity index is 307. The Morgan fingerprint density at radius 3 is 2.93 bits per heavy atom. The molecule has 14 heavy (non-hydrogen) atoms. The molecule has 0 N–H and O–H groups in total. The number of hydrogen-bond donors (Lipinski definition) is 0. The summed E-state index contributed by atoms with van der Waals surface area (Å²) in [6.07, 6.45) is 3.02. The number of methoxy groups -OCH3 is 1. The van der Waals surface area contributed by atoms with E-state index in [-0.39, 0.29) is 11.9 Å². The van der Waals surface area contributed by atoms with Gasteiger partial charge in [0.1, 0.15) is 5.69 Å². The molecule has 0 aromatic carbocycles. The van der Waals surface area contributed by atoms with Crippen LogP contribution < -0.4 is 0 Å². The molecule has 78 valence electrons. The molecule has 1 atom stereocenters. The normalized spacial score (nSPS) is 12.8. The third kappa shape index (κ3) is 2.67. The minimum atomic E-state index is 0.119. The summed E-state index contributed by atoms with van der Waals surface area (Å²) in [6.45, 7) is 1.95. The van der Waals surface area contributed by atoms with E-state index in [4.69, 9.17) is 4.74 Å². The van der Waals surface area contributed by atoms with Crippen molar-refractivity contribution in [3.05, 3.63) is 18.0 Å². The first-order valence-electron chi connectivity index (χ1n) is 4.69. The first-order chi connectivity index (χ1) is 6.65. The highest BCUT2D eigenvalue weighted by Gasteiger charge is 2.11. The van der Waals surface area contributed by atoms with Crippen LogP contribution in [0.25, 0.3) is 0 Å². The summed E-state index contributed by atoms with van der Waals surface area (Å²) >= 11 is 0. The number of aryl methyl sites for hydroxylation is 1. The Morgan fingerprint density at radius 2 is 2.43 bits per heavy atom. The van der Waals surface area contributed by atoms with E-state index in [0.29, 0.717) is 12.1 Å². The lowest BCUT2D eigenvalue weighted by molar-refractivity contribution is 0.0870. The predicted molar refractivity (Wildman–Crippen MR) is 53.2 cm³/mol. The summed E-state index contributed by atoms with van der Waals surface area (Å²) in [7, 11) is 3.42. The van der Waals surface area contributed by atoms with E-state index < -0.39 is 0 Å². The lowest BCUT2D eigenvalue weighted by atomic mass is 10.1. The van der Waals surface area contributed by atoms with Crippen LogP contribution in [0.15, 0.2) is 12.3 Å². The van der Waals surface area contributed by atoms with Crippen LogP contribution in [0.4, 0.5) is 0 Å². The Hall–Kier alpha value is -1.16. The third-order valence-electron chi connectivity index (χ3n) is 2.29. The molecule has 0 aliphatic heterocycles.